The number of hydrogen-bond acceptors (Lipinski definition) is 2. The Morgan fingerprint density at radius 3 is 2.65 bits per heavy atom. The number of carbonyl (C=O) groups excluding carboxylic acids is 1. The van der Waals surface area contributed by atoms with Crippen LogP contribution in [0, 0.1) is 11.7 Å². The summed E-state index contributed by atoms with van der Waals surface area (Å²) in [6.07, 6.45) is 0.409. The van der Waals surface area contributed by atoms with Crippen molar-refractivity contribution in [1.29, 1.82) is 0 Å². The average Bonchev–Trinajstić information content (AvgIpc) is 2.39. The number of benzene rings is 1. The van der Waals surface area contributed by atoms with Crippen LogP contribution in [-0.2, 0) is 16.0 Å². The lowest BCUT2D eigenvalue weighted by molar-refractivity contribution is -0.139. The monoisotopic (exact) mass is 345 g/mol. The van der Waals surface area contributed by atoms with Crippen molar-refractivity contribution in [3.8, 4) is 0 Å². The van der Waals surface area contributed by atoms with Crippen molar-refractivity contribution >= 4 is 27.8 Å². The molecule has 0 fully saturated rings. The standard InChI is InChI=1S/C14H17BrFNO3/c1-9(14(20)17(2)6-5-13(18)19)7-10-3-4-12(16)11(15)8-10/h3-4,8-9H,5-7H2,1-2H3,(H,18,19). The summed E-state index contributed by atoms with van der Waals surface area (Å²) in [5.74, 6) is -1.68. The predicted octanol–water partition coefficient (Wildman–Crippen LogP) is 2.70. The van der Waals surface area contributed by atoms with E-state index in [0.29, 0.717) is 10.9 Å². The molecule has 4 nitrogen and oxygen atoms in total. The maximum Gasteiger partial charge on any atom is 0.305 e. The summed E-state index contributed by atoms with van der Waals surface area (Å²) in [4.78, 5) is 24.0. The van der Waals surface area contributed by atoms with Gasteiger partial charge in [0.05, 0.1) is 10.9 Å². The van der Waals surface area contributed by atoms with E-state index < -0.39 is 5.97 Å². The van der Waals surface area contributed by atoms with Crippen molar-refractivity contribution in [2.75, 3.05) is 13.6 Å². The van der Waals surface area contributed by atoms with Gasteiger partial charge in [-0.3, -0.25) is 9.59 Å². The van der Waals surface area contributed by atoms with E-state index in [-0.39, 0.29) is 30.6 Å². The Hall–Kier alpha value is -1.43. The van der Waals surface area contributed by atoms with Gasteiger partial charge in [0.25, 0.3) is 0 Å². The minimum atomic E-state index is -0.931. The smallest absolute Gasteiger partial charge is 0.305 e. The van der Waals surface area contributed by atoms with Crippen LogP contribution in [0.15, 0.2) is 22.7 Å². The van der Waals surface area contributed by atoms with E-state index in [9.17, 15) is 14.0 Å². The molecule has 0 aromatic heterocycles. The van der Waals surface area contributed by atoms with E-state index in [1.807, 2.05) is 0 Å². The van der Waals surface area contributed by atoms with Gasteiger partial charge in [-0.15, -0.1) is 0 Å². The summed E-state index contributed by atoms with van der Waals surface area (Å²) in [5.41, 5.74) is 0.853. The third-order valence-electron chi connectivity index (χ3n) is 2.98. The molecule has 0 aliphatic carbocycles. The molecule has 0 aliphatic rings. The number of rotatable bonds is 6. The van der Waals surface area contributed by atoms with Crippen LogP contribution in [-0.4, -0.2) is 35.5 Å². The molecule has 0 spiro atoms. The van der Waals surface area contributed by atoms with Gasteiger partial charge in [-0.2, -0.15) is 0 Å². The second kappa shape index (κ2) is 7.38. The van der Waals surface area contributed by atoms with Crippen LogP contribution in [0.3, 0.4) is 0 Å². The van der Waals surface area contributed by atoms with E-state index in [1.54, 1.807) is 26.1 Å². The molecule has 0 heterocycles. The van der Waals surface area contributed by atoms with Crippen LogP contribution in [0.4, 0.5) is 4.39 Å². The summed E-state index contributed by atoms with van der Waals surface area (Å²) >= 11 is 3.11. The third-order valence-corrected chi connectivity index (χ3v) is 3.59. The van der Waals surface area contributed by atoms with Crippen molar-refractivity contribution in [3.05, 3.63) is 34.1 Å². The van der Waals surface area contributed by atoms with Crippen molar-refractivity contribution in [3.63, 3.8) is 0 Å². The first-order chi connectivity index (χ1) is 9.31. The number of hydrogen-bond donors (Lipinski definition) is 1. The van der Waals surface area contributed by atoms with Gasteiger partial charge in [-0.1, -0.05) is 13.0 Å². The molecule has 0 saturated carbocycles. The van der Waals surface area contributed by atoms with Crippen molar-refractivity contribution in [1.82, 2.24) is 4.90 Å². The molecular weight excluding hydrogens is 329 g/mol. The normalized spacial score (nSPS) is 12.0. The van der Waals surface area contributed by atoms with Crippen molar-refractivity contribution in [2.45, 2.75) is 19.8 Å². The van der Waals surface area contributed by atoms with Gasteiger partial charge in [-0.05, 0) is 40.0 Å². The van der Waals surface area contributed by atoms with Gasteiger partial charge < -0.3 is 10.0 Å². The summed E-state index contributed by atoms with van der Waals surface area (Å²) in [5, 5.41) is 8.60. The number of amides is 1. The Bertz CT molecular complexity index is 507. The zero-order valence-electron chi connectivity index (χ0n) is 11.4. The van der Waals surface area contributed by atoms with Crippen molar-refractivity contribution < 1.29 is 19.1 Å². The number of carbonyl (C=O) groups is 2. The molecule has 1 aromatic rings. The van der Waals surface area contributed by atoms with Gasteiger partial charge in [0.2, 0.25) is 5.91 Å². The molecule has 1 aromatic carbocycles. The van der Waals surface area contributed by atoms with Crippen molar-refractivity contribution in [2.24, 2.45) is 5.92 Å². The highest BCUT2D eigenvalue weighted by Gasteiger charge is 2.18. The molecule has 1 unspecified atom stereocenters. The van der Waals surface area contributed by atoms with Crippen LogP contribution in [0.5, 0.6) is 0 Å². The maximum absolute atomic E-state index is 13.1. The summed E-state index contributed by atoms with van der Waals surface area (Å²) < 4.78 is 13.5. The molecule has 0 bridgehead atoms. The fraction of sp³-hybridized carbons (Fsp3) is 0.429. The first kappa shape index (κ1) is 16.6. The average molecular weight is 346 g/mol. The van der Waals surface area contributed by atoms with Gasteiger partial charge in [0, 0.05) is 19.5 Å². The zero-order valence-corrected chi connectivity index (χ0v) is 13.0. The minimum absolute atomic E-state index is 0.0724. The lowest BCUT2D eigenvalue weighted by atomic mass is 10.00. The van der Waals surface area contributed by atoms with E-state index in [1.165, 1.54) is 11.0 Å². The molecule has 0 saturated heterocycles. The molecular formula is C14H17BrFNO3. The second-order valence-corrected chi connectivity index (χ2v) is 5.61. The Balaban J connectivity index is 2.60. The van der Waals surface area contributed by atoms with Crippen LogP contribution >= 0.6 is 15.9 Å². The Kier molecular flexibility index (Phi) is 6.13. The van der Waals surface area contributed by atoms with Gasteiger partial charge >= 0.3 is 5.97 Å². The second-order valence-electron chi connectivity index (χ2n) is 4.76. The van der Waals surface area contributed by atoms with Crippen LogP contribution in [0.2, 0.25) is 0 Å². The maximum atomic E-state index is 13.1. The SMILES string of the molecule is CC(Cc1ccc(F)c(Br)c1)C(=O)N(C)CCC(=O)O. The highest BCUT2D eigenvalue weighted by atomic mass is 79.9. The Morgan fingerprint density at radius 2 is 2.10 bits per heavy atom. The Labute approximate surface area is 125 Å². The number of carboxylic acids is 1. The fourth-order valence-corrected chi connectivity index (χ4v) is 2.28. The van der Waals surface area contributed by atoms with Gasteiger partial charge in [-0.25, -0.2) is 4.39 Å². The van der Waals surface area contributed by atoms with E-state index in [2.05, 4.69) is 15.9 Å². The molecule has 0 aliphatic heterocycles. The molecule has 6 heteroatoms. The van der Waals surface area contributed by atoms with E-state index >= 15 is 0 Å². The van der Waals surface area contributed by atoms with Gasteiger partial charge in [0.1, 0.15) is 5.82 Å². The summed E-state index contributed by atoms with van der Waals surface area (Å²) in [6, 6.07) is 4.64. The topological polar surface area (TPSA) is 57.6 Å². The van der Waals surface area contributed by atoms with Gasteiger partial charge in [0.15, 0.2) is 0 Å². The molecule has 1 atom stereocenters. The first-order valence-corrected chi connectivity index (χ1v) is 7.01. The fourth-order valence-electron chi connectivity index (χ4n) is 1.86. The van der Waals surface area contributed by atoms with E-state index in [4.69, 9.17) is 5.11 Å². The number of halogens is 2. The minimum Gasteiger partial charge on any atom is -0.481 e. The lowest BCUT2D eigenvalue weighted by Crippen LogP contribution is -2.34. The Morgan fingerprint density at radius 1 is 1.45 bits per heavy atom. The number of aliphatic carboxylic acids is 1. The first-order valence-electron chi connectivity index (χ1n) is 6.22. The van der Waals surface area contributed by atoms with Crippen LogP contribution in [0.25, 0.3) is 0 Å². The highest BCUT2D eigenvalue weighted by Crippen LogP contribution is 2.19. The van der Waals surface area contributed by atoms with Crippen LogP contribution < -0.4 is 0 Å². The lowest BCUT2D eigenvalue weighted by Gasteiger charge is -2.20. The van der Waals surface area contributed by atoms with Crippen LogP contribution in [0.1, 0.15) is 18.9 Å². The number of carboxylic acid groups (broad SMARTS) is 1. The van der Waals surface area contributed by atoms with E-state index in [0.717, 1.165) is 5.56 Å². The largest absolute Gasteiger partial charge is 0.481 e. The molecule has 1 N–H and O–H groups in total. The molecule has 20 heavy (non-hydrogen) atoms. The summed E-state index contributed by atoms with van der Waals surface area (Å²) in [6.45, 7) is 1.96. The predicted molar refractivity (Wildman–Crippen MR) is 76.9 cm³/mol. The zero-order chi connectivity index (χ0) is 15.3. The highest BCUT2D eigenvalue weighted by molar-refractivity contribution is 9.10. The summed E-state index contributed by atoms with van der Waals surface area (Å²) in [7, 11) is 1.59. The molecule has 0 radical (unpaired) electrons. The molecule has 1 amide bonds. The molecule has 1 rings (SSSR count). The number of nitrogens with zero attached hydrogens (tertiary/aromatic N) is 1. The third kappa shape index (κ3) is 4.92. The molecule has 110 valence electrons. The quantitative estimate of drug-likeness (QED) is 0.862.